The van der Waals surface area contributed by atoms with E-state index in [4.69, 9.17) is 4.74 Å². The van der Waals surface area contributed by atoms with Crippen LogP contribution in [-0.4, -0.2) is 16.8 Å². The van der Waals surface area contributed by atoms with Crippen LogP contribution in [0.25, 0.3) is 0 Å². The van der Waals surface area contributed by atoms with Gasteiger partial charge in [-0.1, -0.05) is 6.07 Å². The molecule has 0 saturated heterocycles. The van der Waals surface area contributed by atoms with Crippen LogP contribution < -0.4 is 5.56 Å². The van der Waals surface area contributed by atoms with Crippen LogP contribution in [0.1, 0.15) is 33.7 Å². The second-order valence-electron chi connectivity index (χ2n) is 4.72. The molecule has 84 valence electrons. The molecule has 1 aromatic heterocycles. The lowest BCUT2D eigenvalue weighted by Gasteiger charge is -2.23. The van der Waals surface area contributed by atoms with E-state index in [0.717, 1.165) is 0 Å². The summed E-state index contributed by atoms with van der Waals surface area (Å²) in [5, 5.41) is 0. The predicted molar refractivity (Wildman–Crippen MR) is 61.1 cm³/mol. The first-order chi connectivity index (χ1) is 6.90. The molecule has 0 saturated carbocycles. The normalized spacial score (nSPS) is 13.9. The smallest absolute Gasteiger partial charge is 0.250 e. The number of hydrogen-bond donors (Lipinski definition) is 0. The number of ether oxygens (including phenoxy) is 1. The van der Waals surface area contributed by atoms with Crippen LogP contribution in [0.15, 0.2) is 29.2 Å². The minimum atomic E-state index is -0.160. The van der Waals surface area contributed by atoms with Crippen LogP contribution >= 0.6 is 0 Å². The first-order valence-corrected chi connectivity index (χ1v) is 5.21. The molecule has 0 amide bonds. The highest BCUT2D eigenvalue weighted by atomic mass is 16.5. The Morgan fingerprint density at radius 1 is 1.40 bits per heavy atom. The summed E-state index contributed by atoms with van der Waals surface area (Å²) in [4.78, 5) is 11.5. The number of nitrogens with zero attached hydrogens (tertiary/aromatic N) is 1. The summed E-state index contributed by atoms with van der Waals surface area (Å²) in [6, 6.07) is 5.23. The minimum absolute atomic E-state index is 0.0162. The van der Waals surface area contributed by atoms with Crippen molar-refractivity contribution in [1.82, 2.24) is 4.57 Å². The molecule has 15 heavy (non-hydrogen) atoms. The third kappa shape index (κ3) is 3.88. The third-order valence-corrected chi connectivity index (χ3v) is 2.08. The maximum absolute atomic E-state index is 11.5. The largest absolute Gasteiger partial charge is 0.374 e. The molecule has 0 fully saturated rings. The molecule has 0 spiro atoms. The molecule has 0 N–H and O–H groups in total. The summed E-state index contributed by atoms with van der Waals surface area (Å²) in [6.07, 6.45) is 1.79. The zero-order valence-electron chi connectivity index (χ0n) is 9.86. The van der Waals surface area contributed by atoms with Crippen molar-refractivity contribution in [3.05, 3.63) is 34.7 Å². The molecule has 0 bridgehead atoms. The van der Waals surface area contributed by atoms with Crippen molar-refractivity contribution in [2.24, 2.45) is 0 Å². The summed E-state index contributed by atoms with van der Waals surface area (Å²) in [7, 11) is 0. The number of rotatable bonds is 3. The molecule has 0 radical (unpaired) electrons. The van der Waals surface area contributed by atoms with Gasteiger partial charge in [-0.05, 0) is 33.8 Å². The van der Waals surface area contributed by atoms with Crippen LogP contribution in [0.4, 0.5) is 0 Å². The van der Waals surface area contributed by atoms with Gasteiger partial charge in [-0.2, -0.15) is 0 Å². The molecule has 0 aromatic carbocycles. The summed E-state index contributed by atoms with van der Waals surface area (Å²) in [5.41, 5.74) is -0.144. The fourth-order valence-corrected chi connectivity index (χ4v) is 1.25. The second-order valence-corrected chi connectivity index (χ2v) is 4.72. The van der Waals surface area contributed by atoms with Crippen LogP contribution in [0.2, 0.25) is 0 Å². The Bertz CT molecular complexity index is 362. The van der Waals surface area contributed by atoms with E-state index < -0.39 is 0 Å². The van der Waals surface area contributed by atoms with E-state index in [1.807, 2.05) is 33.8 Å². The molecule has 0 unspecified atom stereocenters. The summed E-state index contributed by atoms with van der Waals surface area (Å²) in [5.74, 6) is 0. The molecular formula is C12H19NO2. The van der Waals surface area contributed by atoms with E-state index in [2.05, 4.69) is 0 Å². The van der Waals surface area contributed by atoms with Gasteiger partial charge in [-0.3, -0.25) is 4.79 Å². The zero-order chi connectivity index (χ0) is 11.5. The van der Waals surface area contributed by atoms with Gasteiger partial charge in [0.15, 0.2) is 0 Å². The lowest BCUT2D eigenvalue weighted by atomic mass is 10.2. The second kappa shape index (κ2) is 4.62. The van der Waals surface area contributed by atoms with E-state index in [-0.39, 0.29) is 17.2 Å². The fraction of sp³-hybridized carbons (Fsp3) is 0.583. The molecule has 1 rings (SSSR count). The van der Waals surface area contributed by atoms with Crippen molar-refractivity contribution >= 4 is 0 Å². The average molecular weight is 209 g/mol. The molecule has 1 heterocycles. The highest BCUT2D eigenvalue weighted by Crippen LogP contribution is 2.11. The molecule has 1 atom stereocenters. The van der Waals surface area contributed by atoms with Crippen molar-refractivity contribution in [2.75, 3.05) is 6.61 Å². The van der Waals surface area contributed by atoms with Gasteiger partial charge < -0.3 is 9.30 Å². The number of pyridine rings is 1. The summed E-state index contributed by atoms with van der Waals surface area (Å²) < 4.78 is 7.33. The van der Waals surface area contributed by atoms with E-state index in [1.165, 1.54) is 0 Å². The molecule has 3 nitrogen and oxygen atoms in total. The zero-order valence-corrected chi connectivity index (χ0v) is 9.86. The van der Waals surface area contributed by atoms with Gasteiger partial charge in [-0.15, -0.1) is 0 Å². The van der Waals surface area contributed by atoms with Gasteiger partial charge in [0.2, 0.25) is 0 Å². The van der Waals surface area contributed by atoms with Crippen molar-refractivity contribution in [2.45, 2.75) is 39.3 Å². The Labute approximate surface area is 90.7 Å². The van der Waals surface area contributed by atoms with E-state index in [9.17, 15) is 4.79 Å². The van der Waals surface area contributed by atoms with Crippen molar-refractivity contribution in [3.8, 4) is 0 Å². The topological polar surface area (TPSA) is 31.2 Å². The summed E-state index contributed by atoms with van der Waals surface area (Å²) >= 11 is 0. The Hall–Kier alpha value is -1.09. The third-order valence-electron chi connectivity index (χ3n) is 2.08. The van der Waals surface area contributed by atoms with E-state index in [1.54, 1.807) is 22.9 Å². The highest BCUT2D eigenvalue weighted by molar-refractivity contribution is 4.94. The van der Waals surface area contributed by atoms with Crippen molar-refractivity contribution in [1.29, 1.82) is 0 Å². The van der Waals surface area contributed by atoms with Crippen LogP contribution in [0, 0.1) is 0 Å². The molecule has 0 aliphatic carbocycles. The van der Waals surface area contributed by atoms with Crippen molar-refractivity contribution < 1.29 is 4.74 Å². The lowest BCUT2D eigenvalue weighted by Crippen LogP contribution is -2.28. The van der Waals surface area contributed by atoms with Crippen molar-refractivity contribution in [3.63, 3.8) is 0 Å². The molecule has 1 aromatic rings. The maximum atomic E-state index is 11.5. The Morgan fingerprint density at radius 2 is 2.07 bits per heavy atom. The van der Waals surface area contributed by atoms with Crippen LogP contribution in [0.5, 0.6) is 0 Å². The Morgan fingerprint density at radius 3 is 2.60 bits per heavy atom. The molecule has 0 aliphatic rings. The maximum Gasteiger partial charge on any atom is 0.250 e. The first-order valence-electron chi connectivity index (χ1n) is 5.21. The molecular weight excluding hydrogens is 190 g/mol. The van der Waals surface area contributed by atoms with Gasteiger partial charge >= 0.3 is 0 Å². The standard InChI is InChI=1S/C12H19NO2/c1-10(9-15-12(2,3)4)13-8-6-5-7-11(13)14/h5-8,10H,9H2,1-4H3/t10-/m1/s1. The Balaban J connectivity index is 2.66. The van der Waals surface area contributed by atoms with Crippen LogP contribution in [-0.2, 0) is 4.74 Å². The lowest BCUT2D eigenvalue weighted by molar-refractivity contribution is -0.0175. The SMILES string of the molecule is C[C@H](COC(C)(C)C)n1ccccc1=O. The number of hydrogen-bond acceptors (Lipinski definition) is 2. The molecule has 0 aliphatic heterocycles. The quantitative estimate of drug-likeness (QED) is 0.764. The van der Waals surface area contributed by atoms with Gasteiger partial charge in [0, 0.05) is 12.3 Å². The average Bonchev–Trinajstić information content (AvgIpc) is 2.14. The van der Waals surface area contributed by atoms with Gasteiger partial charge in [0.05, 0.1) is 18.2 Å². The van der Waals surface area contributed by atoms with Gasteiger partial charge in [-0.25, -0.2) is 0 Å². The van der Waals surface area contributed by atoms with Gasteiger partial charge in [0.1, 0.15) is 0 Å². The van der Waals surface area contributed by atoms with E-state index >= 15 is 0 Å². The fourth-order valence-electron chi connectivity index (χ4n) is 1.25. The summed E-state index contributed by atoms with van der Waals surface area (Å²) in [6.45, 7) is 8.55. The van der Waals surface area contributed by atoms with Gasteiger partial charge in [0.25, 0.3) is 5.56 Å². The first kappa shape index (κ1) is 12.0. The molecule has 3 heteroatoms. The predicted octanol–water partition coefficient (Wildman–Crippen LogP) is 2.22. The minimum Gasteiger partial charge on any atom is -0.374 e. The van der Waals surface area contributed by atoms with E-state index in [0.29, 0.717) is 6.61 Å². The number of aromatic nitrogens is 1. The monoisotopic (exact) mass is 209 g/mol. The van der Waals surface area contributed by atoms with Crippen LogP contribution in [0.3, 0.4) is 0 Å². The Kier molecular flexibility index (Phi) is 3.69. The highest BCUT2D eigenvalue weighted by Gasteiger charge is 2.13.